The Balaban J connectivity index is 0.000000264. The van der Waals surface area contributed by atoms with E-state index in [9.17, 15) is 24.6 Å². The minimum atomic E-state index is -0.940. The number of phenols is 2. The summed E-state index contributed by atoms with van der Waals surface area (Å²) in [5.74, 6) is -0.470. The average Bonchev–Trinajstić information content (AvgIpc) is 3.49. The average molecular weight is 1120 g/mol. The van der Waals surface area contributed by atoms with Crippen LogP contribution in [0.2, 0.25) is 0 Å². The van der Waals surface area contributed by atoms with Gasteiger partial charge in [-0.25, -0.2) is 24.3 Å². The zero-order valence-corrected chi connectivity index (χ0v) is 45.6. The molecule has 432 valence electrons. The highest BCUT2D eigenvalue weighted by molar-refractivity contribution is 5.95. The van der Waals surface area contributed by atoms with Crippen molar-refractivity contribution in [1.82, 2.24) is 9.80 Å². The molecule has 0 fully saturated rings. The number of phenolic OH excluding ortho intramolecular Hbond substituents is 2. The molecule has 0 bridgehead atoms. The molecule has 6 rings (SSSR count). The fourth-order valence-electron chi connectivity index (χ4n) is 7.31. The number of ether oxygens (including phenoxy) is 4. The molecule has 0 aliphatic heterocycles. The molecule has 0 aliphatic rings. The fourth-order valence-corrected chi connectivity index (χ4v) is 7.31. The highest BCUT2D eigenvalue weighted by Gasteiger charge is 2.16. The summed E-state index contributed by atoms with van der Waals surface area (Å²) in [6.07, 6.45) is 11.3. The summed E-state index contributed by atoms with van der Waals surface area (Å²) >= 11 is 0. The maximum Gasteiger partial charge on any atom is 0.335 e. The van der Waals surface area contributed by atoms with Gasteiger partial charge in [-0.3, -0.25) is 9.59 Å². The van der Waals surface area contributed by atoms with Crippen LogP contribution in [0, 0.1) is 0 Å². The van der Waals surface area contributed by atoms with Crippen molar-refractivity contribution in [2.75, 3.05) is 94.6 Å². The molecule has 6 aromatic rings. The van der Waals surface area contributed by atoms with Crippen molar-refractivity contribution >= 4 is 54.2 Å². The largest absolute Gasteiger partial charge is 0.504 e. The molecule has 0 radical (unpaired) electrons. The first-order chi connectivity index (χ1) is 39.3. The van der Waals surface area contributed by atoms with Gasteiger partial charge in [-0.05, 0) is 106 Å². The lowest BCUT2D eigenvalue weighted by atomic mass is 10.1. The van der Waals surface area contributed by atoms with Gasteiger partial charge < -0.3 is 64.5 Å². The minimum absolute atomic E-state index is 0.133. The number of amides is 2. The smallest absolute Gasteiger partial charge is 0.335 e. The molecule has 0 saturated carbocycles. The number of hydrogen-bond donors (Lipinski definition) is 7. The second-order valence-electron chi connectivity index (χ2n) is 17.1. The third-order valence-electron chi connectivity index (χ3n) is 11.4. The summed E-state index contributed by atoms with van der Waals surface area (Å²) in [4.78, 5) is 57.8. The van der Waals surface area contributed by atoms with Gasteiger partial charge in [-0.2, -0.15) is 0 Å². The lowest BCUT2D eigenvalue weighted by molar-refractivity contribution is -0.282. The first kappa shape index (κ1) is 65.3. The molecule has 81 heavy (non-hydrogen) atoms. The second-order valence-corrected chi connectivity index (χ2v) is 17.1. The predicted molar refractivity (Wildman–Crippen MR) is 304 cm³/mol. The SMILES string of the molecule is COCOc1ccc(C=Cc2ccc(C(=O)N(CCO)CCO)cc2)cc1COOC.COCOc1ccc(C=Cc2ccc(C(=O)O)cc2)cc1COOC.O=C(c1ccc(C=Cc2ccc(O)c(O)c2)cc1)N(CCO)CCO. The number of aliphatic hydroxyl groups is 4. The van der Waals surface area contributed by atoms with Crippen LogP contribution in [-0.4, -0.2) is 158 Å². The molecular formula is C61H70N2O18. The van der Waals surface area contributed by atoms with Crippen LogP contribution in [-0.2, 0) is 42.2 Å². The summed E-state index contributed by atoms with van der Waals surface area (Å²) in [5.41, 5.74) is 8.17. The lowest BCUT2D eigenvalue weighted by Gasteiger charge is -2.20. The summed E-state index contributed by atoms with van der Waals surface area (Å²) in [7, 11) is 6.00. The van der Waals surface area contributed by atoms with Gasteiger partial charge in [-0.15, -0.1) is 0 Å². The molecule has 0 saturated heterocycles. The predicted octanol–water partition coefficient (Wildman–Crippen LogP) is 7.66. The number of hydrogen-bond acceptors (Lipinski definition) is 17. The fraction of sp³-hybridized carbons (Fsp3) is 0.262. The molecule has 0 spiro atoms. The van der Waals surface area contributed by atoms with E-state index in [0.29, 0.717) is 22.6 Å². The van der Waals surface area contributed by atoms with Crippen LogP contribution < -0.4 is 9.47 Å². The number of rotatable bonds is 29. The summed E-state index contributed by atoms with van der Waals surface area (Å²) in [6, 6.07) is 36.6. The normalized spacial score (nSPS) is 11.0. The van der Waals surface area contributed by atoms with Gasteiger partial charge in [0.2, 0.25) is 0 Å². The summed E-state index contributed by atoms with van der Waals surface area (Å²) in [6.45, 7) is 0.823. The van der Waals surface area contributed by atoms with Crippen molar-refractivity contribution in [2.24, 2.45) is 0 Å². The third-order valence-corrected chi connectivity index (χ3v) is 11.4. The molecule has 6 aromatic carbocycles. The van der Waals surface area contributed by atoms with Gasteiger partial charge in [0.05, 0.1) is 46.2 Å². The summed E-state index contributed by atoms with van der Waals surface area (Å²) in [5, 5.41) is 63.9. The number of carboxylic acids is 1. The van der Waals surface area contributed by atoms with Crippen LogP contribution in [0.1, 0.15) is 75.6 Å². The highest BCUT2D eigenvalue weighted by Crippen LogP contribution is 2.27. The molecule has 7 N–H and O–H groups in total. The number of carboxylic acid groups (broad SMARTS) is 1. The molecular weight excluding hydrogens is 1050 g/mol. The Labute approximate surface area is 470 Å². The highest BCUT2D eigenvalue weighted by atomic mass is 17.2. The maximum absolute atomic E-state index is 12.5. The van der Waals surface area contributed by atoms with Crippen molar-refractivity contribution in [3.63, 3.8) is 0 Å². The van der Waals surface area contributed by atoms with E-state index >= 15 is 0 Å². The van der Waals surface area contributed by atoms with E-state index < -0.39 is 5.97 Å². The molecule has 2 amide bonds. The molecule has 0 unspecified atom stereocenters. The van der Waals surface area contributed by atoms with Gasteiger partial charge in [0.15, 0.2) is 25.1 Å². The maximum atomic E-state index is 12.5. The van der Waals surface area contributed by atoms with Crippen LogP contribution in [0.15, 0.2) is 127 Å². The zero-order valence-electron chi connectivity index (χ0n) is 45.6. The Morgan fingerprint density at radius 1 is 0.420 bits per heavy atom. The number of nitrogens with zero attached hydrogens (tertiary/aromatic N) is 2. The van der Waals surface area contributed by atoms with E-state index in [0.717, 1.165) is 44.5 Å². The van der Waals surface area contributed by atoms with E-state index in [2.05, 4.69) is 9.78 Å². The van der Waals surface area contributed by atoms with E-state index in [-0.39, 0.29) is 108 Å². The Hall–Kier alpha value is -8.25. The molecule has 20 nitrogen and oxygen atoms in total. The Kier molecular flexibility index (Phi) is 29.7. The Morgan fingerprint density at radius 2 is 0.741 bits per heavy atom. The van der Waals surface area contributed by atoms with Crippen LogP contribution >= 0.6 is 0 Å². The van der Waals surface area contributed by atoms with Gasteiger partial charge in [-0.1, -0.05) is 91.1 Å². The number of carbonyl (C=O) groups is 3. The van der Waals surface area contributed by atoms with Crippen molar-refractivity contribution in [3.05, 3.63) is 189 Å². The quantitative estimate of drug-likeness (QED) is 0.00781. The molecule has 0 aliphatic carbocycles. The summed E-state index contributed by atoms with van der Waals surface area (Å²) < 4.78 is 20.9. The number of benzene rings is 6. The van der Waals surface area contributed by atoms with Crippen molar-refractivity contribution in [2.45, 2.75) is 13.2 Å². The number of methoxy groups -OCH3 is 2. The number of carbonyl (C=O) groups excluding carboxylic acids is 2. The lowest BCUT2D eigenvalue weighted by Crippen LogP contribution is -2.35. The molecule has 0 atom stereocenters. The first-order valence-corrected chi connectivity index (χ1v) is 25.2. The number of aromatic carboxylic acids is 1. The second kappa shape index (κ2) is 36.8. The van der Waals surface area contributed by atoms with Crippen LogP contribution in [0.5, 0.6) is 23.0 Å². The Bertz CT molecular complexity index is 2920. The standard InChI is InChI=1S/C23H29NO7.C19H21NO5.C19H20O6/c1-28-17-30-22-10-7-19(15-21(22)16-31-29-2)4-3-18-5-8-20(9-6-18)23(27)24(11-13-25)12-14-26;21-11-9-20(10-12-22)19(25)16-6-3-14(4-7-16)1-2-15-5-8-17(23)18(24)13-15;1-22-13-24-18-10-7-15(11-17(18)12-25-23-2)4-3-14-5-8-16(9-6-14)19(20)21/h3-10,15,25-26H,11-14,16-17H2,1-2H3;1-8,13,21-24H,9-12H2;3-11H,12-13H2,1-2H3,(H,20,21). The van der Waals surface area contributed by atoms with Gasteiger partial charge in [0.25, 0.3) is 11.8 Å². The van der Waals surface area contributed by atoms with Crippen molar-refractivity contribution < 1.29 is 88.6 Å². The number of aromatic hydroxyl groups is 2. The van der Waals surface area contributed by atoms with E-state index in [1.807, 2.05) is 78.9 Å². The van der Waals surface area contributed by atoms with E-state index in [1.54, 1.807) is 87.0 Å². The minimum Gasteiger partial charge on any atom is -0.504 e. The van der Waals surface area contributed by atoms with E-state index in [4.69, 9.17) is 54.3 Å². The van der Waals surface area contributed by atoms with Crippen molar-refractivity contribution in [1.29, 1.82) is 0 Å². The van der Waals surface area contributed by atoms with Crippen molar-refractivity contribution in [3.8, 4) is 23.0 Å². The molecule has 0 aromatic heterocycles. The molecule has 0 heterocycles. The van der Waals surface area contributed by atoms with Crippen LogP contribution in [0.4, 0.5) is 0 Å². The first-order valence-electron chi connectivity index (χ1n) is 25.2. The molecule has 20 heteroatoms. The number of aliphatic hydroxyl groups excluding tert-OH is 4. The van der Waals surface area contributed by atoms with Crippen LogP contribution in [0.25, 0.3) is 36.5 Å². The zero-order chi connectivity index (χ0) is 58.8. The monoisotopic (exact) mass is 1120 g/mol. The van der Waals surface area contributed by atoms with E-state index in [1.165, 1.54) is 36.2 Å². The third kappa shape index (κ3) is 22.8. The topological polar surface area (TPSA) is 273 Å². The Morgan fingerprint density at radius 3 is 1.06 bits per heavy atom. The van der Waals surface area contributed by atoms with Gasteiger partial charge in [0, 0.05) is 62.7 Å². The van der Waals surface area contributed by atoms with Gasteiger partial charge >= 0.3 is 5.97 Å². The van der Waals surface area contributed by atoms with Gasteiger partial charge in [0.1, 0.15) is 24.7 Å². The van der Waals surface area contributed by atoms with Crippen LogP contribution in [0.3, 0.4) is 0 Å².